The number of hydrogen-bond donors (Lipinski definition) is 2. The van der Waals surface area contributed by atoms with Crippen molar-refractivity contribution in [3.63, 3.8) is 0 Å². The Hall–Kier alpha value is -1.75. The molecule has 1 aromatic rings. The molecule has 1 aromatic carbocycles. The molecule has 5 nitrogen and oxygen atoms in total. The number of unbranched alkanes of at least 4 members (excludes halogenated alkanes) is 3. The Morgan fingerprint density at radius 2 is 1.57 bits per heavy atom. The van der Waals surface area contributed by atoms with Gasteiger partial charge in [-0.3, -0.25) is 4.52 Å². The molecular formula is C24H37NO4P+. The third-order valence-electron chi connectivity index (χ3n) is 4.21. The third-order valence-corrected chi connectivity index (χ3v) is 4.79. The second-order valence-electron chi connectivity index (χ2n) is 8.30. The highest BCUT2D eigenvalue weighted by Crippen LogP contribution is 2.38. The molecule has 0 saturated carbocycles. The van der Waals surface area contributed by atoms with E-state index in [0.29, 0.717) is 17.4 Å². The monoisotopic (exact) mass is 434 g/mol. The van der Waals surface area contributed by atoms with Gasteiger partial charge in [-0.15, -0.1) is 0 Å². The van der Waals surface area contributed by atoms with Crippen molar-refractivity contribution >= 4 is 13.9 Å². The van der Waals surface area contributed by atoms with Crippen LogP contribution >= 0.6 is 7.82 Å². The fourth-order valence-corrected chi connectivity index (χ4v) is 3.52. The lowest BCUT2D eigenvalue weighted by atomic mass is 10.1. The van der Waals surface area contributed by atoms with Crippen LogP contribution in [0.2, 0.25) is 0 Å². The van der Waals surface area contributed by atoms with E-state index in [4.69, 9.17) is 14.3 Å². The van der Waals surface area contributed by atoms with Crippen LogP contribution in [-0.2, 0) is 9.09 Å². The molecule has 0 aliphatic carbocycles. The van der Waals surface area contributed by atoms with Crippen molar-refractivity contribution in [1.29, 1.82) is 0 Å². The number of allylic oxidation sites excluding steroid dienone is 7. The van der Waals surface area contributed by atoms with Crippen molar-refractivity contribution in [3.05, 3.63) is 78.4 Å². The smallest absolute Gasteiger partial charge is 0.329 e. The maximum absolute atomic E-state index is 11.2. The topological polar surface area (TPSA) is 66.8 Å². The van der Waals surface area contributed by atoms with Crippen molar-refractivity contribution in [3.8, 4) is 0 Å². The quantitative estimate of drug-likeness (QED) is 0.176. The summed E-state index contributed by atoms with van der Waals surface area (Å²) in [4.78, 5) is 18.2. The number of rotatable bonds is 14. The molecule has 0 saturated heterocycles. The Kier molecular flexibility index (Phi) is 12.5. The zero-order chi connectivity index (χ0) is 22.3. The molecule has 1 unspecified atom stereocenters. The van der Waals surface area contributed by atoms with Gasteiger partial charge in [0.1, 0.15) is 12.6 Å². The number of phosphoric ester groups is 1. The highest BCUT2D eigenvalue weighted by Gasteiger charge is 2.26. The number of likely N-dealkylation sites (N-methyl/N-ethyl adjacent to an activating group) is 1. The highest BCUT2D eigenvalue weighted by atomic mass is 31.2. The molecule has 6 heteroatoms. The molecule has 0 aromatic heterocycles. The number of hydrogen-bond acceptors (Lipinski definition) is 2. The fraction of sp³-hybridized carbons (Fsp3) is 0.417. The fourth-order valence-electron chi connectivity index (χ4n) is 2.96. The summed E-state index contributed by atoms with van der Waals surface area (Å²) in [7, 11) is 1.52. The van der Waals surface area contributed by atoms with E-state index >= 15 is 0 Å². The Morgan fingerprint density at radius 1 is 0.933 bits per heavy atom. The standard InChI is InChI=1S/C24H36NO4P/c1-25(2,3)22-24(29-30(26,27)28)21-17-12-10-8-6-4-5-7-9-11-14-18-23-19-15-13-16-20-23/h4-7,9,11,13-16,18-20,24H,8,10,12,17,21-22H2,1-3H3,(H-,26,27,28)/p+1/b6-4+,7-5+,11-9+,18-14+. The lowest BCUT2D eigenvalue weighted by molar-refractivity contribution is -0.873. The van der Waals surface area contributed by atoms with E-state index < -0.39 is 13.9 Å². The van der Waals surface area contributed by atoms with Gasteiger partial charge in [-0.2, -0.15) is 0 Å². The minimum absolute atomic E-state index is 0.424. The molecular weight excluding hydrogens is 397 g/mol. The first kappa shape index (κ1) is 26.3. The molecule has 1 atom stereocenters. The van der Waals surface area contributed by atoms with Crippen molar-refractivity contribution in [1.82, 2.24) is 0 Å². The average molecular weight is 435 g/mol. The van der Waals surface area contributed by atoms with Crippen molar-refractivity contribution in [2.75, 3.05) is 27.7 Å². The van der Waals surface area contributed by atoms with Crippen LogP contribution in [0.25, 0.3) is 6.08 Å². The summed E-state index contributed by atoms with van der Waals surface area (Å²) in [6.45, 7) is 0.573. The molecule has 0 fully saturated rings. The van der Waals surface area contributed by atoms with E-state index in [1.165, 1.54) is 5.56 Å². The van der Waals surface area contributed by atoms with Crippen LogP contribution in [-0.4, -0.2) is 48.1 Å². The second kappa shape index (κ2) is 14.3. The first-order valence-corrected chi connectivity index (χ1v) is 11.9. The Labute approximate surface area is 181 Å². The van der Waals surface area contributed by atoms with Gasteiger partial charge in [0.2, 0.25) is 0 Å². The predicted molar refractivity (Wildman–Crippen MR) is 126 cm³/mol. The number of quaternary nitrogens is 1. The summed E-state index contributed by atoms with van der Waals surface area (Å²) in [5.41, 5.74) is 1.18. The summed E-state index contributed by atoms with van der Waals surface area (Å²) >= 11 is 0. The van der Waals surface area contributed by atoms with E-state index in [0.717, 1.165) is 25.7 Å². The summed E-state index contributed by atoms with van der Waals surface area (Å²) in [5, 5.41) is 0. The molecule has 1 rings (SSSR count). The van der Waals surface area contributed by atoms with E-state index in [1.807, 2.05) is 75.8 Å². The van der Waals surface area contributed by atoms with Gasteiger partial charge in [-0.05, 0) is 24.8 Å². The van der Waals surface area contributed by atoms with Crippen molar-refractivity contribution in [2.45, 2.75) is 38.2 Å². The number of benzene rings is 1. The largest absolute Gasteiger partial charge is 0.470 e. The van der Waals surface area contributed by atoms with E-state index in [-0.39, 0.29) is 0 Å². The molecule has 0 heterocycles. The average Bonchev–Trinajstić information content (AvgIpc) is 2.63. The minimum atomic E-state index is -4.45. The summed E-state index contributed by atoms with van der Waals surface area (Å²) in [6.07, 6.45) is 20.5. The lowest BCUT2D eigenvalue weighted by Gasteiger charge is -2.29. The molecule has 0 aliphatic heterocycles. The molecule has 0 spiro atoms. The second-order valence-corrected chi connectivity index (χ2v) is 9.49. The zero-order valence-electron chi connectivity index (χ0n) is 18.4. The molecule has 0 bridgehead atoms. The molecule has 0 aliphatic rings. The maximum atomic E-state index is 11.2. The summed E-state index contributed by atoms with van der Waals surface area (Å²) < 4.78 is 16.7. The third kappa shape index (κ3) is 16.1. The van der Waals surface area contributed by atoms with Gasteiger partial charge in [0.15, 0.2) is 0 Å². The van der Waals surface area contributed by atoms with Gasteiger partial charge in [-0.1, -0.05) is 91.8 Å². The normalized spacial score (nSPS) is 14.6. The van der Waals surface area contributed by atoms with Crippen LogP contribution in [0.1, 0.15) is 37.7 Å². The lowest BCUT2D eigenvalue weighted by Crippen LogP contribution is -2.42. The van der Waals surface area contributed by atoms with Gasteiger partial charge >= 0.3 is 7.82 Å². The van der Waals surface area contributed by atoms with Crippen LogP contribution in [0.5, 0.6) is 0 Å². The maximum Gasteiger partial charge on any atom is 0.470 e. The summed E-state index contributed by atoms with van der Waals surface area (Å²) in [6, 6.07) is 10.2. The van der Waals surface area contributed by atoms with Gasteiger partial charge in [0.25, 0.3) is 0 Å². The first-order valence-electron chi connectivity index (χ1n) is 10.4. The Balaban J connectivity index is 2.18. The number of phosphoric acid groups is 1. The van der Waals surface area contributed by atoms with E-state index in [2.05, 4.69) is 24.3 Å². The predicted octanol–water partition coefficient (Wildman–Crippen LogP) is 5.50. The van der Waals surface area contributed by atoms with Gasteiger partial charge in [-0.25, -0.2) is 4.57 Å². The van der Waals surface area contributed by atoms with E-state index in [1.54, 1.807) is 0 Å². The zero-order valence-corrected chi connectivity index (χ0v) is 19.3. The van der Waals surface area contributed by atoms with Crippen LogP contribution in [0.4, 0.5) is 0 Å². The van der Waals surface area contributed by atoms with Crippen LogP contribution in [0.3, 0.4) is 0 Å². The highest BCUT2D eigenvalue weighted by molar-refractivity contribution is 7.46. The van der Waals surface area contributed by atoms with E-state index in [9.17, 15) is 4.57 Å². The Morgan fingerprint density at radius 3 is 2.20 bits per heavy atom. The minimum Gasteiger partial charge on any atom is -0.329 e. The van der Waals surface area contributed by atoms with Crippen molar-refractivity contribution in [2.24, 2.45) is 0 Å². The first-order chi connectivity index (χ1) is 14.2. The molecule has 166 valence electrons. The van der Waals surface area contributed by atoms with Gasteiger partial charge in [0.05, 0.1) is 21.1 Å². The molecule has 2 N–H and O–H groups in total. The molecule has 0 amide bonds. The van der Waals surface area contributed by atoms with Crippen LogP contribution in [0, 0.1) is 0 Å². The number of nitrogens with zero attached hydrogens (tertiary/aromatic N) is 1. The molecule has 30 heavy (non-hydrogen) atoms. The Bertz CT molecular complexity index is 742. The van der Waals surface area contributed by atoms with Gasteiger partial charge < -0.3 is 14.3 Å². The summed E-state index contributed by atoms with van der Waals surface area (Å²) in [5.74, 6) is 0. The molecule has 0 radical (unpaired) electrons. The SMILES string of the molecule is C[N+](C)(C)CC(CCCCC/C=C/C=C/C=C/C=C/c1ccccc1)OP(=O)(O)O. The van der Waals surface area contributed by atoms with Crippen LogP contribution in [0.15, 0.2) is 72.9 Å². The van der Waals surface area contributed by atoms with Crippen LogP contribution < -0.4 is 0 Å². The van der Waals surface area contributed by atoms with Gasteiger partial charge in [0, 0.05) is 0 Å². The van der Waals surface area contributed by atoms with Crippen molar-refractivity contribution < 1.29 is 23.4 Å².